The van der Waals surface area contributed by atoms with E-state index in [0.717, 1.165) is 14.7 Å². The second kappa shape index (κ2) is 8.24. The van der Waals surface area contributed by atoms with Gasteiger partial charge in [-0.25, -0.2) is 0 Å². The second-order valence-corrected chi connectivity index (χ2v) is 6.02. The van der Waals surface area contributed by atoms with Gasteiger partial charge >= 0.3 is 0 Å². The molecule has 0 aliphatic heterocycles. The Balaban J connectivity index is 2.25. The Labute approximate surface area is 147 Å². The van der Waals surface area contributed by atoms with Gasteiger partial charge in [-0.2, -0.15) is 0 Å². The molecule has 2 aromatic carbocycles. The van der Waals surface area contributed by atoms with E-state index < -0.39 is 0 Å². The van der Waals surface area contributed by atoms with Crippen LogP contribution in [0.4, 0.5) is 0 Å². The molecular formula is C16H15ClINO3. The zero-order chi connectivity index (χ0) is 15.9. The molecule has 0 fully saturated rings. The first-order valence-corrected chi connectivity index (χ1v) is 8.10. The van der Waals surface area contributed by atoms with Crippen LogP contribution in [0.2, 0.25) is 5.02 Å². The molecule has 22 heavy (non-hydrogen) atoms. The molecule has 1 N–H and O–H groups in total. The molecule has 0 unspecified atom stereocenters. The zero-order valence-electron chi connectivity index (χ0n) is 11.9. The first-order valence-electron chi connectivity index (χ1n) is 6.65. The third-order valence-electron chi connectivity index (χ3n) is 2.81. The van der Waals surface area contributed by atoms with Gasteiger partial charge in [0.25, 0.3) is 0 Å². The van der Waals surface area contributed by atoms with E-state index in [1.807, 2.05) is 37.3 Å². The summed E-state index contributed by atoms with van der Waals surface area (Å²) in [6.45, 7) is 2.81. The second-order valence-electron chi connectivity index (χ2n) is 4.43. The average molecular weight is 432 g/mol. The van der Waals surface area contributed by atoms with Crippen LogP contribution in [-0.2, 0) is 6.61 Å². The van der Waals surface area contributed by atoms with E-state index in [1.54, 1.807) is 6.07 Å². The topological polar surface area (TPSA) is 51.0 Å². The monoisotopic (exact) mass is 431 g/mol. The maximum atomic E-state index is 8.66. The quantitative estimate of drug-likeness (QED) is 0.311. The number of halogens is 2. The van der Waals surface area contributed by atoms with Crippen molar-refractivity contribution in [1.29, 1.82) is 0 Å². The van der Waals surface area contributed by atoms with E-state index in [4.69, 9.17) is 26.3 Å². The smallest absolute Gasteiger partial charge is 0.175 e. The molecule has 6 heteroatoms. The molecule has 0 amide bonds. The Morgan fingerprint density at radius 2 is 2.09 bits per heavy atom. The van der Waals surface area contributed by atoms with Gasteiger partial charge in [-0.15, -0.1) is 0 Å². The molecule has 0 aliphatic rings. The number of oxime groups is 1. The molecule has 0 spiro atoms. The van der Waals surface area contributed by atoms with Gasteiger partial charge in [-0.1, -0.05) is 28.9 Å². The molecule has 0 aromatic heterocycles. The minimum atomic E-state index is 0.393. The molecule has 2 aromatic rings. The SMILES string of the molecule is CCOc1cc(/C=N\O)cc(I)c1OCc1cccc(Cl)c1. The summed E-state index contributed by atoms with van der Waals surface area (Å²) in [6.07, 6.45) is 1.35. The van der Waals surface area contributed by atoms with Gasteiger partial charge in [-0.05, 0) is 59.3 Å². The standard InChI is InChI=1S/C16H15ClINO3/c1-2-21-15-8-12(9-19-20)7-14(18)16(15)22-10-11-4-3-5-13(17)6-11/h3-9,20H,2,10H2,1H3/b19-9-. The van der Waals surface area contributed by atoms with Crippen molar-refractivity contribution in [1.82, 2.24) is 0 Å². The maximum absolute atomic E-state index is 8.66. The molecule has 0 radical (unpaired) electrons. The zero-order valence-corrected chi connectivity index (χ0v) is 14.8. The fourth-order valence-corrected chi connectivity index (χ4v) is 2.91. The van der Waals surface area contributed by atoms with Crippen molar-refractivity contribution in [2.45, 2.75) is 13.5 Å². The van der Waals surface area contributed by atoms with E-state index in [2.05, 4.69) is 27.7 Å². The number of benzene rings is 2. The summed E-state index contributed by atoms with van der Waals surface area (Å²) >= 11 is 8.14. The molecule has 0 saturated heterocycles. The molecule has 0 aliphatic carbocycles. The minimum Gasteiger partial charge on any atom is -0.490 e. The Morgan fingerprint density at radius 1 is 1.27 bits per heavy atom. The lowest BCUT2D eigenvalue weighted by atomic mass is 10.2. The van der Waals surface area contributed by atoms with Gasteiger partial charge in [0, 0.05) is 10.6 Å². The predicted octanol–water partition coefficient (Wildman–Crippen LogP) is 4.73. The van der Waals surface area contributed by atoms with Crippen molar-refractivity contribution >= 4 is 40.4 Å². The van der Waals surface area contributed by atoms with Gasteiger partial charge in [-0.3, -0.25) is 0 Å². The molecule has 0 heterocycles. The summed E-state index contributed by atoms with van der Waals surface area (Å²) in [5.74, 6) is 1.28. The van der Waals surface area contributed by atoms with E-state index in [9.17, 15) is 0 Å². The lowest BCUT2D eigenvalue weighted by molar-refractivity contribution is 0.267. The Bertz CT molecular complexity index is 676. The summed E-state index contributed by atoms with van der Waals surface area (Å²) in [5, 5.41) is 12.4. The predicted molar refractivity (Wildman–Crippen MR) is 95.5 cm³/mol. The highest BCUT2D eigenvalue weighted by atomic mass is 127. The van der Waals surface area contributed by atoms with Gasteiger partial charge in [0.15, 0.2) is 11.5 Å². The fraction of sp³-hybridized carbons (Fsp3) is 0.188. The summed E-state index contributed by atoms with van der Waals surface area (Å²) in [4.78, 5) is 0. The molecule has 0 saturated carbocycles. The van der Waals surface area contributed by atoms with Crippen LogP contribution >= 0.6 is 34.2 Å². The van der Waals surface area contributed by atoms with Crippen molar-refractivity contribution in [3.63, 3.8) is 0 Å². The largest absolute Gasteiger partial charge is 0.490 e. The van der Waals surface area contributed by atoms with Crippen LogP contribution in [0, 0.1) is 3.57 Å². The average Bonchev–Trinajstić information content (AvgIpc) is 2.47. The third kappa shape index (κ3) is 4.51. The van der Waals surface area contributed by atoms with Crippen LogP contribution < -0.4 is 9.47 Å². The Hall–Kier alpha value is -1.47. The lowest BCUT2D eigenvalue weighted by Crippen LogP contribution is -2.02. The van der Waals surface area contributed by atoms with E-state index in [-0.39, 0.29) is 0 Å². The summed E-state index contributed by atoms with van der Waals surface area (Å²) in [5.41, 5.74) is 1.72. The lowest BCUT2D eigenvalue weighted by Gasteiger charge is -2.14. The van der Waals surface area contributed by atoms with Gasteiger partial charge in [0.2, 0.25) is 0 Å². The van der Waals surface area contributed by atoms with E-state index in [0.29, 0.717) is 29.7 Å². The number of hydrogen-bond acceptors (Lipinski definition) is 4. The highest BCUT2D eigenvalue weighted by Gasteiger charge is 2.12. The molecular weight excluding hydrogens is 417 g/mol. The number of rotatable bonds is 6. The van der Waals surface area contributed by atoms with Crippen LogP contribution in [0.1, 0.15) is 18.1 Å². The van der Waals surface area contributed by atoms with Crippen molar-refractivity contribution in [3.05, 3.63) is 56.1 Å². The van der Waals surface area contributed by atoms with Gasteiger partial charge < -0.3 is 14.7 Å². The van der Waals surface area contributed by atoms with E-state index >= 15 is 0 Å². The summed E-state index contributed by atoms with van der Waals surface area (Å²) in [6, 6.07) is 11.2. The number of ether oxygens (including phenoxy) is 2. The van der Waals surface area contributed by atoms with Gasteiger partial charge in [0.1, 0.15) is 6.61 Å². The summed E-state index contributed by atoms with van der Waals surface area (Å²) < 4.78 is 12.4. The number of nitrogens with zero attached hydrogens (tertiary/aromatic N) is 1. The maximum Gasteiger partial charge on any atom is 0.175 e. The van der Waals surface area contributed by atoms with Crippen molar-refractivity contribution < 1.29 is 14.7 Å². The van der Waals surface area contributed by atoms with Gasteiger partial charge in [0.05, 0.1) is 16.4 Å². The molecule has 4 nitrogen and oxygen atoms in total. The number of hydrogen-bond donors (Lipinski definition) is 1. The highest BCUT2D eigenvalue weighted by Crippen LogP contribution is 2.34. The van der Waals surface area contributed by atoms with E-state index in [1.165, 1.54) is 6.21 Å². The fourth-order valence-electron chi connectivity index (χ4n) is 1.91. The first-order chi connectivity index (χ1) is 10.6. The van der Waals surface area contributed by atoms with Crippen LogP contribution in [0.5, 0.6) is 11.5 Å². The molecule has 0 bridgehead atoms. The normalized spacial score (nSPS) is 10.9. The van der Waals surface area contributed by atoms with Crippen molar-refractivity contribution in [2.24, 2.45) is 5.16 Å². The van der Waals surface area contributed by atoms with Crippen LogP contribution in [-0.4, -0.2) is 18.0 Å². The Morgan fingerprint density at radius 3 is 2.77 bits per heavy atom. The summed E-state index contributed by atoms with van der Waals surface area (Å²) in [7, 11) is 0. The third-order valence-corrected chi connectivity index (χ3v) is 3.85. The van der Waals surface area contributed by atoms with Crippen LogP contribution in [0.15, 0.2) is 41.6 Å². The van der Waals surface area contributed by atoms with Crippen LogP contribution in [0.25, 0.3) is 0 Å². The highest BCUT2D eigenvalue weighted by molar-refractivity contribution is 14.1. The van der Waals surface area contributed by atoms with Crippen molar-refractivity contribution in [3.8, 4) is 11.5 Å². The molecule has 2 rings (SSSR count). The van der Waals surface area contributed by atoms with Crippen LogP contribution in [0.3, 0.4) is 0 Å². The first kappa shape index (κ1) is 16.9. The minimum absolute atomic E-state index is 0.393. The van der Waals surface area contributed by atoms with Crippen molar-refractivity contribution in [2.75, 3.05) is 6.61 Å². The molecule has 116 valence electrons. The Kier molecular flexibility index (Phi) is 6.33. The molecule has 0 atom stereocenters.